The van der Waals surface area contributed by atoms with Gasteiger partial charge in [-0.2, -0.15) is 5.10 Å². The number of H-pyrrole nitrogens is 1. The lowest BCUT2D eigenvalue weighted by atomic mass is 10.3. The smallest absolute Gasteiger partial charge is 0.184 e. The molecule has 0 radical (unpaired) electrons. The highest BCUT2D eigenvalue weighted by atomic mass is 15.3. The zero-order chi connectivity index (χ0) is 9.54. The summed E-state index contributed by atoms with van der Waals surface area (Å²) in [7, 11) is 0. The molecule has 0 aromatic carbocycles. The van der Waals surface area contributed by atoms with Gasteiger partial charge in [0.2, 0.25) is 0 Å². The van der Waals surface area contributed by atoms with E-state index < -0.39 is 0 Å². The monoisotopic (exact) mass is 189 g/mol. The molecule has 0 saturated heterocycles. The van der Waals surface area contributed by atoms with Gasteiger partial charge in [-0.05, 0) is 19.4 Å². The van der Waals surface area contributed by atoms with E-state index in [4.69, 9.17) is 0 Å². The molecule has 2 aromatic rings. The second-order valence-corrected chi connectivity index (χ2v) is 3.63. The molecule has 3 rings (SSSR count). The molecule has 0 saturated carbocycles. The zero-order valence-corrected chi connectivity index (χ0v) is 7.99. The van der Waals surface area contributed by atoms with E-state index in [1.54, 1.807) is 0 Å². The van der Waals surface area contributed by atoms with Gasteiger partial charge in [0.05, 0.1) is 0 Å². The maximum atomic E-state index is 4.19. The van der Waals surface area contributed by atoms with Gasteiger partial charge in [0.15, 0.2) is 5.82 Å². The van der Waals surface area contributed by atoms with Crippen LogP contribution in [0.15, 0.2) is 6.07 Å². The summed E-state index contributed by atoms with van der Waals surface area (Å²) in [5, 5.41) is 15.4. The molecule has 1 N–H and O–H groups in total. The van der Waals surface area contributed by atoms with Crippen LogP contribution in [0.3, 0.4) is 0 Å². The Morgan fingerprint density at radius 3 is 3.14 bits per heavy atom. The molecule has 5 heteroatoms. The highest BCUT2D eigenvalue weighted by molar-refractivity contribution is 5.50. The summed E-state index contributed by atoms with van der Waals surface area (Å²) in [6, 6.07) is 2.00. The molecule has 0 spiro atoms. The Morgan fingerprint density at radius 1 is 1.43 bits per heavy atom. The van der Waals surface area contributed by atoms with Crippen molar-refractivity contribution in [3.8, 4) is 11.5 Å². The van der Waals surface area contributed by atoms with Gasteiger partial charge in [-0.3, -0.25) is 5.10 Å². The van der Waals surface area contributed by atoms with Crippen LogP contribution < -0.4 is 0 Å². The molecule has 2 aromatic heterocycles. The Kier molecular flexibility index (Phi) is 1.47. The first-order chi connectivity index (χ1) is 6.84. The summed E-state index contributed by atoms with van der Waals surface area (Å²) in [6.07, 6.45) is 2.21. The van der Waals surface area contributed by atoms with Gasteiger partial charge in [-0.15, -0.1) is 10.2 Å². The maximum Gasteiger partial charge on any atom is 0.184 e. The molecule has 0 amide bonds. The second kappa shape index (κ2) is 2.67. The number of hydrogen-bond acceptors (Lipinski definition) is 3. The van der Waals surface area contributed by atoms with Crippen LogP contribution in [0.4, 0.5) is 0 Å². The van der Waals surface area contributed by atoms with Gasteiger partial charge in [0.25, 0.3) is 0 Å². The minimum absolute atomic E-state index is 0.891. The van der Waals surface area contributed by atoms with Crippen LogP contribution in [-0.2, 0) is 13.0 Å². The van der Waals surface area contributed by atoms with E-state index in [2.05, 4.69) is 25.0 Å². The van der Waals surface area contributed by atoms with Gasteiger partial charge in [0.1, 0.15) is 11.5 Å². The predicted octanol–water partition coefficient (Wildman–Crippen LogP) is 0.923. The standard InChI is InChI=1S/C9H11N5/c1-6-5-7(11-10-6)9-13-12-8-3-2-4-14(8)9/h5H,2-4H2,1H3,(H,10,11). The van der Waals surface area contributed by atoms with E-state index in [-0.39, 0.29) is 0 Å². The lowest BCUT2D eigenvalue weighted by Crippen LogP contribution is -1.96. The molecular weight excluding hydrogens is 178 g/mol. The molecule has 0 unspecified atom stereocenters. The normalized spacial score (nSPS) is 14.6. The van der Waals surface area contributed by atoms with Gasteiger partial charge in [-0.25, -0.2) is 0 Å². The summed E-state index contributed by atoms with van der Waals surface area (Å²) < 4.78 is 2.15. The number of nitrogens with zero attached hydrogens (tertiary/aromatic N) is 4. The lowest BCUT2D eigenvalue weighted by molar-refractivity contribution is 0.746. The van der Waals surface area contributed by atoms with Crippen LogP contribution in [0.2, 0.25) is 0 Å². The first-order valence-electron chi connectivity index (χ1n) is 4.79. The van der Waals surface area contributed by atoms with Crippen LogP contribution in [0.5, 0.6) is 0 Å². The van der Waals surface area contributed by atoms with Crippen molar-refractivity contribution >= 4 is 0 Å². The molecule has 0 fully saturated rings. The zero-order valence-electron chi connectivity index (χ0n) is 7.99. The number of nitrogens with one attached hydrogen (secondary N) is 1. The average Bonchev–Trinajstić information content (AvgIpc) is 2.77. The number of fused-ring (bicyclic) bond motifs is 1. The van der Waals surface area contributed by atoms with Gasteiger partial charge in [0, 0.05) is 18.7 Å². The summed E-state index contributed by atoms with van der Waals surface area (Å²) >= 11 is 0. The molecule has 1 aliphatic rings. The fourth-order valence-corrected chi connectivity index (χ4v) is 1.87. The predicted molar refractivity (Wildman–Crippen MR) is 50.7 cm³/mol. The molecule has 5 nitrogen and oxygen atoms in total. The Labute approximate surface area is 81.2 Å². The van der Waals surface area contributed by atoms with Crippen LogP contribution in [0.25, 0.3) is 11.5 Å². The highest BCUT2D eigenvalue weighted by Crippen LogP contribution is 2.21. The topological polar surface area (TPSA) is 59.4 Å². The summed E-state index contributed by atoms with van der Waals surface area (Å²) in [5.41, 5.74) is 1.94. The van der Waals surface area contributed by atoms with Crippen LogP contribution in [0, 0.1) is 6.92 Å². The SMILES string of the molecule is Cc1cc(-c2nnc3n2CCC3)n[nH]1. The molecule has 3 heterocycles. The number of rotatable bonds is 1. The molecular formula is C9H11N5. The summed E-state index contributed by atoms with van der Waals surface area (Å²) in [5.74, 6) is 1.97. The Hall–Kier alpha value is -1.65. The minimum Gasteiger partial charge on any atom is -0.310 e. The van der Waals surface area contributed by atoms with Crippen molar-refractivity contribution in [1.29, 1.82) is 0 Å². The Bertz CT molecular complexity index is 467. The fourth-order valence-electron chi connectivity index (χ4n) is 1.87. The summed E-state index contributed by atoms with van der Waals surface area (Å²) in [4.78, 5) is 0. The molecule has 1 aliphatic heterocycles. The van der Waals surface area contributed by atoms with E-state index in [1.165, 1.54) is 6.42 Å². The van der Waals surface area contributed by atoms with Crippen molar-refractivity contribution in [3.63, 3.8) is 0 Å². The molecule has 14 heavy (non-hydrogen) atoms. The molecule has 0 aliphatic carbocycles. The Balaban J connectivity index is 2.12. The third-order valence-corrected chi connectivity index (χ3v) is 2.54. The number of aromatic amines is 1. The molecule has 72 valence electrons. The Morgan fingerprint density at radius 2 is 2.36 bits per heavy atom. The quantitative estimate of drug-likeness (QED) is 0.725. The van der Waals surface area contributed by atoms with Crippen molar-refractivity contribution in [2.45, 2.75) is 26.3 Å². The number of aromatic nitrogens is 5. The van der Waals surface area contributed by atoms with Crippen molar-refractivity contribution in [2.75, 3.05) is 0 Å². The van der Waals surface area contributed by atoms with Crippen molar-refractivity contribution < 1.29 is 0 Å². The van der Waals surface area contributed by atoms with E-state index in [0.717, 1.165) is 36.0 Å². The third kappa shape index (κ3) is 0.982. The van der Waals surface area contributed by atoms with Crippen molar-refractivity contribution in [1.82, 2.24) is 25.0 Å². The van der Waals surface area contributed by atoms with Crippen molar-refractivity contribution in [2.24, 2.45) is 0 Å². The van der Waals surface area contributed by atoms with E-state index >= 15 is 0 Å². The van der Waals surface area contributed by atoms with E-state index in [0.29, 0.717) is 0 Å². The van der Waals surface area contributed by atoms with E-state index in [9.17, 15) is 0 Å². The minimum atomic E-state index is 0.891. The van der Waals surface area contributed by atoms with Crippen LogP contribution in [-0.4, -0.2) is 25.0 Å². The molecule has 0 atom stereocenters. The lowest BCUT2D eigenvalue weighted by Gasteiger charge is -1.97. The fraction of sp³-hybridized carbons (Fsp3) is 0.444. The maximum absolute atomic E-state index is 4.19. The highest BCUT2D eigenvalue weighted by Gasteiger charge is 2.19. The second-order valence-electron chi connectivity index (χ2n) is 3.63. The first-order valence-corrected chi connectivity index (χ1v) is 4.79. The van der Waals surface area contributed by atoms with Gasteiger partial charge in [-0.1, -0.05) is 0 Å². The molecule has 0 bridgehead atoms. The van der Waals surface area contributed by atoms with Crippen LogP contribution in [0.1, 0.15) is 17.9 Å². The number of hydrogen-bond donors (Lipinski definition) is 1. The van der Waals surface area contributed by atoms with E-state index in [1.807, 2.05) is 13.0 Å². The van der Waals surface area contributed by atoms with Gasteiger partial charge < -0.3 is 4.57 Å². The largest absolute Gasteiger partial charge is 0.310 e. The summed E-state index contributed by atoms with van der Waals surface area (Å²) in [6.45, 7) is 3.00. The van der Waals surface area contributed by atoms with Crippen molar-refractivity contribution in [3.05, 3.63) is 17.6 Å². The first kappa shape index (κ1) is 7.73. The average molecular weight is 189 g/mol. The van der Waals surface area contributed by atoms with Crippen LogP contribution >= 0.6 is 0 Å². The van der Waals surface area contributed by atoms with Gasteiger partial charge >= 0.3 is 0 Å². The number of aryl methyl sites for hydroxylation is 2. The third-order valence-electron chi connectivity index (χ3n) is 2.54.